The number of carbonyl (C=O) groups excluding carboxylic acids is 1. The molecule has 0 radical (unpaired) electrons. The Bertz CT molecular complexity index is 1140. The fourth-order valence-corrected chi connectivity index (χ4v) is 4.17. The summed E-state index contributed by atoms with van der Waals surface area (Å²) in [6.45, 7) is 0. The molecule has 1 aliphatic rings. The topological polar surface area (TPSA) is 100 Å². The van der Waals surface area contributed by atoms with Gasteiger partial charge in [-0.2, -0.15) is 0 Å². The minimum Gasteiger partial charge on any atom is -0.361 e. The van der Waals surface area contributed by atoms with Crippen molar-refractivity contribution >= 4 is 28.5 Å². The summed E-state index contributed by atoms with van der Waals surface area (Å²) >= 11 is 0. The maximum absolute atomic E-state index is 14.7. The van der Waals surface area contributed by atoms with Crippen LogP contribution in [0.3, 0.4) is 0 Å². The molecule has 2 heterocycles. The van der Waals surface area contributed by atoms with Crippen LogP contribution in [0.25, 0.3) is 11.1 Å². The molecule has 1 atom stereocenters. The molecule has 2 N–H and O–H groups in total. The van der Waals surface area contributed by atoms with Gasteiger partial charge in [-0.15, -0.1) is 0 Å². The first kappa shape index (κ1) is 20.9. The SMILES string of the molecule is CN(C)c1cnc(S(=O)NC(=O)Nc2c(-c3ccncc3)cc(F)c3c2CCC3)cn1. The van der Waals surface area contributed by atoms with E-state index in [1.807, 2.05) is 14.1 Å². The van der Waals surface area contributed by atoms with E-state index < -0.39 is 17.0 Å². The number of aromatic nitrogens is 3. The Balaban J connectivity index is 1.59. The molecule has 0 saturated heterocycles. The molecule has 1 unspecified atom stereocenters. The van der Waals surface area contributed by atoms with Gasteiger partial charge in [-0.1, -0.05) is 0 Å². The van der Waals surface area contributed by atoms with E-state index in [9.17, 15) is 13.4 Å². The van der Waals surface area contributed by atoms with Crippen molar-refractivity contribution in [1.82, 2.24) is 19.7 Å². The van der Waals surface area contributed by atoms with E-state index >= 15 is 0 Å². The molecular formula is C21H21FN6O2S. The van der Waals surface area contributed by atoms with Gasteiger partial charge in [0.2, 0.25) is 0 Å². The lowest BCUT2D eigenvalue weighted by Gasteiger charge is -2.17. The van der Waals surface area contributed by atoms with Crippen molar-refractivity contribution in [1.29, 1.82) is 0 Å². The Labute approximate surface area is 181 Å². The van der Waals surface area contributed by atoms with Gasteiger partial charge in [0.15, 0.2) is 16.0 Å². The monoisotopic (exact) mass is 440 g/mol. The Morgan fingerprint density at radius 1 is 1.13 bits per heavy atom. The third kappa shape index (κ3) is 4.38. The number of benzene rings is 1. The van der Waals surface area contributed by atoms with Crippen LogP contribution in [0.1, 0.15) is 17.5 Å². The third-order valence-electron chi connectivity index (χ3n) is 5.03. The molecule has 0 aliphatic heterocycles. The van der Waals surface area contributed by atoms with Crippen LogP contribution in [-0.2, 0) is 23.8 Å². The van der Waals surface area contributed by atoms with Crippen LogP contribution in [0.5, 0.6) is 0 Å². The van der Waals surface area contributed by atoms with E-state index in [-0.39, 0.29) is 10.8 Å². The zero-order valence-electron chi connectivity index (χ0n) is 17.1. The van der Waals surface area contributed by atoms with Gasteiger partial charge in [0, 0.05) is 32.1 Å². The molecule has 0 saturated carbocycles. The van der Waals surface area contributed by atoms with E-state index in [0.29, 0.717) is 35.5 Å². The lowest BCUT2D eigenvalue weighted by Crippen LogP contribution is -2.31. The van der Waals surface area contributed by atoms with Gasteiger partial charge < -0.3 is 10.2 Å². The summed E-state index contributed by atoms with van der Waals surface area (Å²) in [7, 11) is 1.73. The van der Waals surface area contributed by atoms with Gasteiger partial charge in [0.25, 0.3) is 0 Å². The molecule has 0 fully saturated rings. The van der Waals surface area contributed by atoms with Crippen LogP contribution >= 0.6 is 0 Å². The van der Waals surface area contributed by atoms with E-state index in [2.05, 4.69) is 25.0 Å². The van der Waals surface area contributed by atoms with E-state index in [1.54, 1.807) is 29.4 Å². The number of nitrogens with zero attached hydrogens (tertiary/aromatic N) is 4. The van der Waals surface area contributed by atoms with Crippen molar-refractivity contribution in [2.75, 3.05) is 24.3 Å². The molecule has 3 aromatic rings. The Kier molecular flexibility index (Phi) is 5.90. The van der Waals surface area contributed by atoms with Crippen molar-refractivity contribution in [3.8, 4) is 11.1 Å². The second kappa shape index (κ2) is 8.76. The van der Waals surface area contributed by atoms with Gasteiger partial charge in [0.1, 0.15) is 11.6 Å². The number of hydrogen-bond donors (Lipinski definition) is 2. The zero-order valence-corrected chi connectivity index (χ0v) is 17.9. The Morgan fingerprint density at radius 2 is 1.87 bits per heavy atom. The highest BCUT2D eigenvalue weighted by Gasteiger charge is 2.24. The third-order valence-corrected chi connectivity index (χ3v) is 5.99. The molecule has 8 nitrogen and oxygen atoms in total. The number of hydrogen-bond acceptors (Lipinski definition) is 6. The summed E-state index contributed by atoms with van der Waals surface area (Å²) in [6.07, 6.45) is 8.12. The predicted molar refractivity (Wildman–Crippen MR) is 117 cm³/mol. The molecule has 4 rings (SSSR count). The van der Waals surface area contributed by atoms with Crippen LogP contribution in [0, 0.1) is 5.82 Å². The number of rotatable bonds is 5. The van der Waals surface area contributed by atoms with Crippen molar-refractivity contribution in [2.24, 2.45) is 0 Å². The van der Waals surface area contributed by atoms with Gasteiger partial charge in [-0.05, 0) is 54.2 Å². The molecular weight excluding hydrogens is 419 g/mol. The first-order chi connectivity index (χ1) is 14.9. The number of urea groups is 1. The number of nitrogens with one attached hydrogen (secondary N) is 2. The smallest absolute Gasteiger partial charge is 0.331 e. The fourth-order valence-electron chi connectivity index (χ4n) is 3.55. The molecule has 31 heavy (non-hydrogen) atoms. The van der Waals surface area contributed by atoms with Crippen LogP contribution < -0.4 is 14.9 Å². The molecule has 10 heteroatoms. The van der Waals surface area contributed by atoms with Crippen molar-refractivity contribution < 1.29 is 13.4 Å². The number of halogens is 1. The van der Waals surface area contributed by atoms with Crippen molar-refractivity contribution in [3.05, 3.63) is 59.9 Å². The molecule has 1 aliphatic carbocycles. The first-order valence-corrected chi connectivity index (χ1v) is 10.8. The average Bonchev–Trinajstić information content (AvgIpc) is 3.27. The number of amides is 2. The predicted octanol–water partition coefficient (Wildman–Crippen LogP) is 3.08. The number of pyridine rings is 1. The van der Waals surface area contributed by atoms with Gasteiger partial charge in [-0.3, -0.25) is 9.71 Å². The second-order valence-electron chi connectivity index (χ2n) is 7.26. The molecule has 1 aromatic carbocycles. The summed E-state index contributed by atoms with van der Waals surface area (Å²) in [5.41, 5.74) is 3.17. The Morgan fingerprint density at radius 3 is 2.55 bits per heavy atom. The molecule has 0 bridgehead atoms. The van der Waals surface area contributed by atoms with Crippen LogP contribution in [-0.4, -0.2) is 39.3 Å². The quantitative estimate of drug-likeness (QED) is 0.633. The van der Waals surface area contributed by atoms with Gasteiger partial charge in [0.05, 0.1) is 18.1 Å². The average molecular weight is 441 g/mol. The van der Waals surface area contributed by atoms with Crippen LogP contribution in [0.4, 0.5) is 20.7 Å². The normalized spacial score (nSPS) is 13.4. The van der Waals surface area contributed by atoms with Crippen molar-refractivity contribution in [2.45, 2.75) is 24.3 Å². The lowest BCUT2D eigenvalue weighted by molar-refractivity contribution is 0.257. The second-order valence-corrected chi connectivity index (χ2v) is 8.42. The van der Waals surface area contributed by atoms with Crippen LogP contribution in [0.15, 0.2) is 48.0 Å². The lowest BCUT2D eigenvalue weighted by atomic mass is 9.97. The number of carbonyl (C=O) groups is 1. The van der Waals surface area contributed by atoms with E-state index in [4.69, 9.17) is 0 Å². The van der Waals surface area contributed by atoms with Crippen LogP contribution in [0.2, 0.25) is 0 Å². The highest BCUT2D eigenvalue weighted by molar-refractivity contribution is 7.83. The molecule has 160 valence electrons. The maximum Gasteiger partial charge on any atom is 0.331 e. The number of anilines is 2. The summed E-state index contributed by atoms with van der Waals surface area (Å²) in [5, 5.41) is 2.90. The minimum absolute atomic E-state index is 0.124. The van der Waals surface area contributed by atoms with Crippen molar-refractivity contribution in [3.63, 3.8) is 0 Å². The maximum atomic E-state index is 14.7. The highest BCUT2D eigenvalue weighted by Crippen LogP contribution is 2.39. The van der Waals surface area contributed by atoms with Gasteiger partial charge >= 0.3 is 6.03 Å². The van der Waals surface area contributed by atoms with E-state index in [0.717, 1.165) is 17.5 Å². The zero-order chi connectivity index (χ0) is 22.0. The summed E-state index contributed by atoms with van der Waals surface area (Å²) < 4.78 is 29.6. The fraction of sp³-hybridized carbons (Fsp3) is 0.238. The minimum atomic E-state index is -1.90. The molecule has 2 amide bonds. The standard InChI is InChI=1S/C21H21FN6O2S/c1-28(2)18-11-25-19(12-24-18)31(30)27-21(29)26-20-15-5-3-4-14(15)17(22)10-16(20)13-6-8-23-9-7-13/h6-12H,3-5H2,1-2H3,(H2,26,27,29). The Hall–Kier alpha value is -3.40. The summed E-state index contributed by atoms with van der Waals surface area (Å²) in [5.74, 6) is 0.319. The molecule has 2 aromatic heterocycles. The number of fused-ring (bicyclic) bond motifs is 1. The molecule has 0 spiro atoms. The summed E-state index contributed by atoms with van der Waals surface area (Å²) in [6, 6.07) is 4.25. The summed E-state index contributed by atoms with van der Waals surface area (Å²) in [4.78, 5) is 26.7. The first-order valence-electron chi connectivity index (χ1n) is 9.67. The van der Waals surface area contributed by atoms with Gasteiger partial charge in [-0.25, -0.2) is 23.4 Å². The van der Waals surface area contributed by atoms with E-state index in [1.165, 1.54) is 18.5 Å². The highest BCUT2D eigenvalue weighted by atomic mass is 32.2. The largest absolute Gasteiger partial charge is 0.361 e.